The molecular weight excluding hydrogens is 671 g/mol. The second-order valence-electron chi connectivity index (χ2n) is 14.5. The Morgan fingerprint density at radius 3 is 2.39 bits per heavy atom. The first-order valence-corrected chi connectivity index (χ1v) is 18.8. The third kappa shape index (κ3) is 5.68. The monoisotopic (exact) mass is 715 g/mol. The third-order valence-electron chi connectivity index (χ3n) is 11.1. The molecule has 4 heterocycles. The Balaban J connectivity index is 1.50. The first-order chi connectivity index (χ1) is 24.3. The lowest BCUT2D eigenvalue weighted by molar-refractivity contribution is -0.140. The zero-order chi connectivity index (χ0) is 36.4. The van der Waals surface area contributed by atoms with E-state index in [0.717, 1.165) is 57.7 Å². The number of imidazole rings is 1. The highest BCUT2D eigenvalue weighted by molar-refractivity contribution is 7.87. The zero-order valence-corrected chi connectivity index (χ0v) is 30.8. The minimum absolute atomic E-state index is 0.115. The SMILES string of the molecule is COc1ccc2c(c1)C1CN(C(=O)c3nccn3C)CC1(C(=O)N(C)C)Cn1c-2c(C2CCCCC2)c2ccc(C(=O)NS(=O)(=O)N(C)C)cc21. The number of hydrogen-bond acceptors (Lipinski definition) is 7. The van der Waals surface area contributed by atoms with E-state index in [9.17, 15) is 22.8 Å². The molecule has 2 aromatic carbocycles. The molecule has 2 fully saturated rings. The Labute approximate surface area is 298 Å². The van der Waals surface area contributed by atoms with Crippen molar-refractivity contribution in [3.05, 3.63) is 71.3 Å². The molecule has 0 radical (unpaired) electrons. The number of ether oxygens (including phenoxy) is 1. The van der Waals surface area contributed by atoms with E-state index < -0.39 is 27.4 Å². The van der Waals surface area contributed by atoms with Gasteiger partial charge in [-0.15, -0.1) is 0 Å². The summed E-state index contributed by atoms with van der Waals surface area (Å²) in [6, 6.07) is 11.3. The van der Waals surface area contributed by atoms with Gasteiger partial charge in [0.15, 0.2) is 5.82 Å². The highest BCUT2D eigenvalue weighted by atomic mass is 32.2. The van der Waals surface area contributed by atoms with Crippen LogP contribution in [0.2, 0.25) is 0 Å². The Morgan fingerprint density at radius 2 is 1.75 bits per heavy atom. The summed E-state index contributed by atoms with van der Waals surface area (Å²) in [5.41, 5.74) is 3.88. The van der Waals surface area contributed by atoms with Gasteiger partial charge in [0.2, 0.25) is 5.91 Å². The Kier molecular flexibility index (Phi) is 8.73. The number of benzene rings is 2. The van der Waals surface area contributed by atoms with E-state index in [2.05, 4.69) is 20.3 Å². The number of aromatic nitrogens is 3. The van der Waals surface area contributed by atoms with Crippen molar-refractivity contribution >= 4 is 38.8 Å². The number of nitrogens with one attached hydrogen (secondary N) is 1. The van der Waals surface area contributed by atoms with Crippen molar-refractivity contribution in [2.45, 2.75) is 50.5 Å². The minimum atomic E-state index is -4.04. The van der Waals surface area contributed by atoms with Crippen LogP contribution in [-0.4, -0.2) is 103 Å². The number of carbonyl (C=O) groups excluding carboxylic acids is 3. The average Bonchev–Trinajstić information content (AvgIpc) is 3.79. The molecule has 2 atom stereocenters. The summed E-state index contributed by atoms with van der Waals surface area (Å²) in [6.45, 7) is 0.675. The first-order valence-electron chi connectivity index (χ1n) is 17.3. The average molecular weight is 716 g/mol. The van der Waals surface area contributed by atoms with Crippen molar-refractivity contribution < 1.29 is 27.5 Å². The van der Waals surface area contributed by atoms with Crippen LogP contribution >= 0.6 is 0 Å². The Bertz CT molecular complexity index is 2160. The van der Waals surface area contributed by atoms with Crippen molar-refractivity contribution in [1.29, 1.82) is 0 Å². The molecule has 3 aliphatic rings. The van der Waals surface area contributed by atoms with Gasteiger partial charge in [-0.05, 0) is 60.2 Å². The molecule has 2 aliphatic heterocycles. The Morgan fingerprint density at radius 1 is 1.00 bits per heavy atom. The van der Waals surface area contributed by atoms with Gasteiger partial charge in [0.05, 0.1) is 18.2 Å². The highest BCUT2D eigenvalue weighted by Crippen LogP contribution is 2.55. The number of likely N-dealkylation sites (tertiary alicyclic amines) is 1. The summed E-state index contributed by atoms with van der Waals surface area (Å²) in [7, 11) is 5.55. The van der Waals surface area contributed by atoms with E-state index in [-0.39, 0.29) is 36.4 Å². The van der Waals surface area contributed by atoms with Gasteiger partial charge < -0.3 is 23.7 Å². The van der Waals surface area contributed by atoms with E-state index >= 15 is 0 Å². The molecule has 1 saturated carbocycles. The van der Waals surface area contributed by atoms with Crippen LogP contribution in [-0.2, 0) is 28.6 Å². The van der Waals surface area contributed by atoms with E-state index in [0.29, 0.717) is 18.1 Å². The molecule has 4 aromatic rings. The fourth-order valence-electron chi connectivity index (χ4n) is 8.56. The molecule has 1 N–H and O–H groups in total. The van der Waals surface area contributed by atoms with E-state index in [1.54, 1.807) is 67.1 Å². The molecule has 2 unspecified atom stereocenters. The molecule has 51 heavy (non-hydrogen) atoms. The molecule has 2 aromatic heterocycles. The highest BCUT2D eigenvalue weighted by Gasteiger charge is 2.57. The molecule has 14 heteroatoms. The maximum absolute atomic E-state index is 14.8. The maximum Gasteiger partial charge on any atom is 0.303 e. The fraction of sp³-hybridized carbons (Fsp3) is 0.459. The van der Waals surface area contributed by atoms with Gasteiger partial charge in [-0.25, -0.2) is 9.71 Å². The molecule has 1 saturated heterocycles. The van der Waals surface area contributed by atoms with Crippen LogP contribution in [0, 0.1) is 5.41 Å². The van der Waals surface area contributed by atoms with Gasteiger partial charge in [-0.2, -0.15) is 12.7 Å². The van der Waals surface area contributed by atoms with Gasteiger partial charge in [-0.1, -0.05) is 25.3 Å². The molecule has 7 rings (SSSR count). The molecule has 3 amide bonds. The first kappa shape index (κ1) is 34.7. The quantitative estimate of drug-likeness (QED) is 0.306. The number of aryl methyl sites for hydroxylation is 1. The third-order valence-corrected chi connectivity index (χ3v) is 12.5. The summed E-state index contributed by atoms with van der Waals surface area (Å²) in [5.74, 6) is -0.320. The van der Waals surface area contributed by atoms with Crippen molar-refractivity contribution in [3.63, 3.8) is 0 Å². The summed E-state index contributed by atoms with van der Waals surface area (Å²) >= 11 is 0. The summed E-state index contributed by atoms with van der Waals surface area (Å²) < 4.78 is 38.0. The number of amides is 3. The molecular formula is C37H45N7O6S. The van der Waals surface area contributed by atoms with Crippen LogP contribution in [0.3, 0.4) is 0 Å². The smallest absolute Gasteiger partial charge is 0.303 e. The predicted molar refractivity (Wildman–Crippen MR) is 193 cm³/mol. The van der Waals surface area contributed by atoms with Crippen molar-refractivity contribution in [2.24, 2.45) is 12.5 Å². The zero-order valence-electron chi connectivity index (χ0n) is 30.0. The Hall–Kier alpha value is -4.69. The van der Waals surface area contributed by atoms with Crippen molar-refractivity contribution in [1.82, 2.24) is 32.9 Å². The summed E-state index contributed by atoms with van der Waals surface area (Å²) in [5, 5.41) is 0.968. The van der Waals surface area contributed by atoms with Gasteiger partial charge in [-0.3, -0.25) is 14.4 Å². The number of fused-ring (bicyclic) bond motifs is 7. The fourth-order valence-corrected chi connectivity index (χ4v) is 9.10. The summed E-state index contributed by atoms with van der Waals surface area (Å²) in [4.78, 5) is 50.0. The van der Waals surface area contributed by atoms with Crippen LogP contribution < -0.4 is 9.46 Å². The largest absolute Gasteiger partial charge is 0.497 e. The lowest BCUT2D eigenvalue weighted by Gasteiger charge is -2.35. The molecule has 13 nitrogen and oxygen atoms in total. The second-order valence-corrected chi connectivity index (χ2v) is 16.4. The minimum Gasteiger partial charge on any atom is -0.497 e. The molecule has 0 bridgehead atoms. The van der Waals surface area contributed by atoms with Gasteiger partial charge >= 0.3 is 10.2 Å². The molecule has 270 valence electrons. The van der Waals surface area contributed by atoms with E-state index in [4.69, 9.17) is 4.74 Å². The van der Waals surface area contributed by atoms with Gasteiger partial charge in [0.1, 0.15) is 5.75 Å². The number of hydrogen-bond donors (Lipinski definition) is 1. The van der Waals surface area contributed by atoms with E-state index in [1.807, 2.05) is 18.2 Å². The standard InChI is InChI=1S/C37H45N7O6S/c1-40(2)36(47)37-21-43(35(46)33-38-16-17-42(33)5)20-29(37)28-19-25(50-6)13-15-26(28)32-31(23-10-8-7-9-11-23)27-14-12-24(18-30(27)44(32)22-37)34(45)39-51(48,49)41(3)4/h12-19,23,29H,7-11,20-22H2,1-6H3,(H,39,45). The normalized spacial score (nSPS) is 20.5. The van der Waals surface area contributed by atoms with Crippen LogP contribution in [0.25, 0.3) is 22.2 Å². The van der Waals surface area contributed by atoms with Crippen LogP contribution in [0.15, 0.2) is 48.8 Å². The van der Waals surface area contributed by atoms with Crippen LogP contribution in [0.4, 0.5) is 0 Å². The van der Waals surface area contributed by atoms with E-state index in [1.165, 1.54) is 26.1 Å². The number of nitrogens with zero attached hydrogens (tertiary/aromatic N) is 6. The van der Waals surface area contributed by atoms with Crippen molar-refractivity contribution in [2.75, 3.05) is 48.4 Å². The number of methoxy groups -OCH3 is 1. The predicted octanol–water partition coefficient (Wildman–Crippen LogP) is 3.96. The van der Waals surface area contributed by atoms with Gasteiger partial charge in [0.25, 0.3) is 11.8 Å². The van der Waals surface area contributed by atoms with Crippen molar-refractivity contribution in [3.8, 4) is 17.0 Å². The van der Waals surface area contributed by atoms with Crippen LogP contribution in [0.1, 0.15) is 76.0 Å². The number of carbonyl (C=O) groups is 3. The molecule has 0 spiro atoms. The summed E-state index contributed by atoms with van der Waals surface area (Å²) in [6.07, 6.45) is 8.72. The molecule has 1 aliphatic carbocycles. The van der Waals surface area contributed by atoms with Crippen LogP contribution in [0.5, 0.6) is 5.75 Å². The van der Waals surface area contributed by atoms with Gasteiger partial charge in [0, 0.05) is 95.2 Å². The maximum atomic E-state index is 14.8. The topological polar surface area (TPSA) is 139 Å². The number of rotatable bonds is 7. The lowest BCUT2D eigenvalue weighted by Crippen LogP contribution is -2.48. The lowest BCUT2D eigenvalue weighted by atomic mass is 9.72. The second kappa shape index (κ2) is 12.8.